The van der Waals surface area contributed by atoms with Crippen LogP contribution in [0.3, 0.4) is 0 Å². The molecule has 1 aromatic carbocycles. The predicted octanol–water partition coefficient (Wildman–Crippen LogP) is 2.99. The molecule has 0 saturated heterocycles. The van der Waals surface area contributed by atoms with Gasteiger partial charge in [0.15, 0.2) is 0 Å². The van der Waals surface area contributed by atoms with Crippen molar-refractivity contribution in [1.82, 2.24) is 0 Å². The van der Waals surface area contributed by atoms with Crippen LogP contribution in [-0.4, -0.2) is 11.1 Å². The zero-order valence-electron chi connectivity index (χ0n) is 6.50. The first-order valence-corrected chi connectivity index (χ1v) is 5.61. The van der Waals surface area contributed by atoms with E-state index in [-0.39, 0.29) is 0 Å². The Morgan fingerprint density at radius 2 is 1.77 bits per heavy atom. The molecule has 1 N–H and O–H groups in total. The van der Waals surface area contributed by atoms with Crippen molar-refractivity contribution in [3.63, 3.8) is 0 Å². The maximum Gasteiger partial charge on any atom is 0.328 e. The molecule has 13 heavy (non-hydrogen) atoms. The number of halogens is 2. The molecular weight excluding hydrogens is 394 g/mol. The molecule has 0 aliphatic carbocycles. The largest absolute Gasteiger partial charge is 0.478 e. The van der Waals surface area contributed by atoms with Gasteiger partial charge >= 0.3 is 5.97 Å². The molecule has 0 spiro atoms. The molecule has 0 atom stereocenters. The van der Waals surface area contributed by atoms with Crippen LogP contribution in [0.5, 0.6) is 0 Å². The van der Waals surface area contributed by atoms with E-state index in [9.17, 15) is 4.79 Å². The molecule has 0 aromatic heterocycles. The second kappa shape index (κ2) is 4.94. The summed E-state index contributed by atoms with van der Waals surface area (Å²) >= 11 is 4.40. The van der Waals surface area contributed by atoms with Gasteiger partial charge in [0, 0.05) is 13.2 Å². The molecule has 0 amide bonds. The minimum atomic E-state index is -0.922. The first-order chi connectivity index (χ1) is 6.08. The SMILES string of the molecule is O=C(O)/C=C\c1cc(I)cc(I)c1. The molecule has 1 rings (SSSR count). The normalized spacial score (nSPS) is 10.6. The minimum Gasteiger partial charge on any atom is -0.478 e. The third-order valence-electron chi connectivity index (χ3n) is 1.30. The van der Waals surface area contributed by atoms with E-state index in [1.165, 1.54) is 0 Å². The van der Waals surface area contributed by atoms with Gasteiger partial charge in [0.1, 0.15) is 0 Å². The molecule has 68 valence electrons. The van der Waals surface area contributed by atoms with Gasteiger partial charge < -0.3 is 5.11 Å². The van der Waals surface area contributed by atoms with Gasteiger partial charge in [-0.3, -0.25) is 0 Å². The van der Waals surface area contributed by atoms with Crippen molar-refractivity contribution < 1.29 is 9.90 Å². The molecule has 0 bridgehead atoms. The number of carboxylic acid groups (broad SMARTS) is 1. The van der Waals surface area contributed by atoms with Gasteiger partial charge in [-0.05, 0) is 75.0 Å². The van der Waals surface area contributed by atoms with Gasteiger partial charge in [-0.25, -0.2) is 4.79 Å². The van der Waals surface area contributed by atoms with Crippen LogP contribution in [-0.2, 0) is 4.79 Å². The second-order valence-electron chi connectivity index (χ2n) is 2.37. The highest BCUT2D eigenvalue weighted by Gasteiger charge is 1.94. The summed E-state index contributed by atoms with van der Waals surface area (Å²) in [6, 6.07) is 5.89. The van der Waals surface area contributed by atoms with Gasteiger partial charge in [0.05, 0.1) is 0 Å². The molecule has 0 heterocycles. The van der Waals surface area contributed by atoms with Crippen molar-refractivity contribution in [2.24, 2.45) is 0 Å². The zero-order chi connectivity index (χ0) is 9.84. The quantitative estimate of drug-likeness (QED) is 0.613. The van der Waals surface area contributed by atoms with E-state index in [0.29, 0.717) is 0 Å². The lowest BCUT2D eigenvalue weighted by atomic mass is 10.2. The molecule has 1 aromatic rings. The van der Waals surface area contributed by atoms with Crippen molar-refractivity contribution in [2.75, 3.05) is 0 Å². The van der Waals surface area contributed by atoms with E-state index in [4.69, 9.17) is 5.11 Å². The van der Waals surface area contributed by atoms with Gasteiger partial charge in [-0.1, -0.05) is 0 Å². The standard InChI is InChI=1S/C9H6I2O2/c10-7-3-6(1-2-9(12)13)4-8(11)5-7/h1-5H,(H,12,13)/b2-1-. The Hall–Kier alpha value is -0.110. The van der Waals surface area contributed by atoms with Gasteiger partial charge in [-0.2, -0.15) is 0 Å². The van der Waals surface area contributed by atoms with Crippen LogP contribution in [0.4, 0.5) is 0 Å². The molecule has 0 aliphatic rings. The lowest BCUT2D eigenvalue weighted by Gasteiger charge is -1.96. The second-order valence-corrected chi connectivity index (χ2v) is 4.87. The van der Waals surface area contributed by atoms with Crippen LogP contribution in [0.1, 0.15) is 5.56 Å². The predicted molar refractivity (Wildman–Crippen MR) is 68.5 cm³/mol. The first kappa shape index (κ1) is 11.0. The highest BCUT2D eigenvalue weighted by Crippen LogP contribution is 2.15. The number of benzene rings is 1. The summed E-state index contributed by atoms with van der Waals surface area (Å²) in [5.41, 5.74) is 0.915. The maximum atomic E-state index is 10.3. The van der Waals surface area contributed by atoms with E-state index in [1.54, 1.807) is 6.08 Å². The smallest absolute Gasteiger partial charge is 0.328 e. The minimum absolute atomic E-state index is 0.915. The van der Waals surface area contributed by atoms with Crippen LogP contribution in [0.15, 0.2) is 24.3 Å². The Morgan fingerprint density at radius 3 is 2.23 bits per heavy atom. The highest BCUT2D eigenvalue weighted by molar-refractivity contribution is 14.1. The lowest BCUT2D eigenvalue weighted by Crippen LogP contribution is -1.86. The lowest BCUT2D eigenvalue weighted by molar-refractivity contribution is -0.131. The average molecular weight is 400 g/mol. The number of carbonyl (C=O) groups is 1. The molecule has 0 radical (unpaired) electrons. The van der Waals surface area contributed by atoms with Gasteiger partial charge in [0.25, 0.3) is 0 Å². The van der Waals surface area contributed by atoms with Crippen LogP contribution in [0.2, 0.25) is 0 Å². The van der Waals surface area contributed by atoms with E-state index in [0.717, 1.165) is 18.8 Å². The number of rotatable bonds is 2. The van der Waals surface area contributed by atoms with Crippen LogP contribution in [0.25, 0.3) is 6.08 Å². The van der Waals surface area contributed by atoms with E-state index in [2.05, 4.69) is 45.2 Å². The van der Waals surface area contributed by atoms with Crippen molar-refractivity contribution in [2.45, 2.75) is 0 Å². The monoisotopic (exact) mass is 400 g/mol. The number of aliphatic carboxylic acids is 1. The van der Waals surface area contributed by atoms with Crippen molar-refractivity contribution >= 4 is 57.2 Å². The van der Waals surface area contributed by atoms with E-state index in [1.807, 2.05) is 18.2 Å². The van der Waals surface area contributed by atoms with Crippen LogP contribution in [0, 0.1) is 7.14 Å². The van der Waals surface area contributed by atoms with Gasteiger partial charge in [0.2, 0.25) is 0 Å². The summed E-state index contributed by atoms with van der Waals surface area (Å²) in [7, 11) is 0. The van der Waals surface area contributed by atoms with Crippen LogP contribution >= 0.6 is 45.2 Å². The molecule has 0 unspecified atom stereocenters. The van der Waals surface area contributed by atoms with Gasteiger partial charge in [-0.15, -0.1) is 0 Å². The fourth-order valence-corrected chi connectivity index (χ4v) is 2.82. The molecule has 0 saturated carbocycles. The topological polar surface area (TPSA) is 37.3 Å². The first-order valence-electron chi connectivity index (χ1n) is 3.45. The summed E-state index contributed by atoms with van der Waals surface area (Å²) < 4.78 is 2.21. The van der Waals surface area contributed by atoms with Crippen LogP contribution < -0.4 is 0 Å². The van der Waals surface area contributed by atoms with Crippen molar-refractivity contribution in [3.05, 3.63) is 37.0 Å². The fourth-order valence-electron chi connectivity index (χ4n) is 0.839. The third-order valence-corrected chi connectivity index (χ3v) is 2.55. The molecular formula is C9H6I2O2. The Kier molecular flexibility index (Phi) is 4.17. The Labute approximate surface area is 103 Å². The summed E-state index contributed by atoms with van der Waals surface area (Å²) in [6.07, 6.45) is 2.73. The highest BCUT2D eigenvalue weighted by atomic mass is 127. The number of hydrogen-bond donors (Lipinski definition) is 1. The molecule has 0 aliphatic heterocycles. The summed E-state index contributed by atoms with van der Waals surface area (Å²) in [5.74, 6) is -0.922. The Bertz CT molecular complexity index is 338. The van der Waals surface area contributed by atoms with Crippen molar-refractivity contribution in [1.29, 1.82) is 0 Å². The zero-order valence-corrected chi connectivity index (χ0v) is 10.8. The average Bonchev–Trinajstić information content (AvgIpc) is 1.99. The summed E-state index contributed by atoms with van der Waals surface area (Å²) in [6.45, 7) is 0. The van der Waals surface area contributed by atoms with Crippen molar-refractivity contribution in [3.8, 4) is 0 Å². The summed E-state index contributed by atoms with van der Waals surface area (Å²) in [5, 5.41) is 8.42. The number of hydrogen-bond acceptors (Lipinski definition) is 1. The van der Waals surface area contributed by atoms with E-state index < -0.39 is 5.97 Å². The number of carboxylic acids is 1. The molecule has 2 nitrogen and oxygen atoms in total. The van der Waals surface area contributed by atoms with E-state index >= 15 is 0 Å². The summed E-state index contributed by atoms with van der Waals surface area (Å²) in [4.78, 5) is 10.3. The fraction of sp³-hybridized carbons (Fsp3) is 0. The molecule has 4 heteroatoms. The Balaban J connectivity index is 2.95. The molecule has 0 fully saturated rings. The maximum absolute atomic E-state index is 10.3. The Morgan fingerprint density at radius 1 is 1.23 bits per heavy atom. The third kappa shape index (κ3) is 4.08.